The molecule has 1 aliphatic carbocycles. The van der Waals surface area contributed by atoms with Gasteiger partial charge in [0.2, 0.25) is 0 Å². The molecule has 2 heterocycles. The van der Waals surface area contributed by atoms with Crippen molar-refractivity contribution in [3.05, 3.63) is 96.7 Å². The van der Waals surface area contributed by atoms with Crippen molar-refractivity contribution >= 4 is 16.8 Å². The summed E-state index contributed by atoms with van der Waals surface area (Å²) in [6.45, 7) is 0.672. The number of hydrogen-bond acceptors (Lipinski definition) is 2. The summed E-state index contributed by atoms with van der Waals surface area (Å²) in [6.07, 6.45) is 7.00. The van der Waals surface area contributed by atoms with E-state index in [1.807, 2.05) is 54.9 Å². The van der Waals surface area contributed by atoms with Gasteiger partial charge in [0, 0.05) is 35.9 Å². The van der Waals surface area contributed by atoms with Crippen molar-refractivity contribution < 1.29 is 4.79 Å². The second kappa shape index (κ2) is 6.97. The zero-order valence-corrected chi connectivity index (χ0v) is 15.4. The molecule has 0 aliphatic heterocycles. The molecule has 0 bridgehead atoms. The number of rotatable bonds is 5. The van der Waals surface area contributed by atoms with Gasteiger partial charge in [-0.1, -0.05) is 48.5 Å². The van der Waals surface area contributed by atoms with Gasteiger partial charge in [-0.05, 0) is 36.6 Å². The predicted octanol–water partition coefficient (Wildman–Crippen LogP) is 4.46. The molecular formula is C24H20N3O. The zero-order valence-electron chi connectivity index (χ0n) is 15.4. The lowest BCUT2D eigenvalue weighted by Crippen LogP contribution is -2.26. The average molecular weight is 366 g/mol. The van der Waals surface area contributed by atoms with Gasteiger partial charge in [0.25, 0.3) is 5.91 Å². The first kappa shape index (κ1) is 16.8. The second-order valence-electron chi connectivity index (χ2n) is 7.16. The Morgan fingerprint density at radius 1 is 1.04 bits per heavy atom. The maximum absolute atomic E-state index is 12.7. The van der Waals surface area contributed by atoms with E-state index in [0.717, 1.165) is 39.7 Å². The standard InChI is InChI=1S/C24H20N3O/c28-24(26-20-10-11-20)21-8-4-7-19-13-14-27(23(19)21)16-17-9-12-22(25-15-17)18-5-2-1-3-6-18/h1-10,12-15,20H,11,16H2,(H,26,28). The van der Waals surface area contributed by atoms with E-state index in [1.54, 1.807) is 0 Å². The summed E-state index contributed by atoms with van der Waals surface area (Å²) in [7, 11) is 0. The van der Waals surface area contributed by atoms with Crippen LogP contribution in [0.4, 0.5) is 0 Å². The lowest BCUT2D eigenvalue weighted by Gasteiger charge is -2.11. The van der Waals surface area contributed by atoms with Gasteiger partial charge in [-0.15, -0.1) is 0 Å². The van der Waals surface area contributed by atoms with Crippen molar-refractivity contribution in [1.82, 2.24) is 14.9 Å². The molecular weight excluding hydrogens is 346 g/mol. The monoisotopic (exact) mass is 366 g/mol. The van der Waals surface area contributed by atoms with E-state index >= 15 is 0 Å². The third-order valence-electron chi connectivity index (χ3n) is 5.07. The minimum Gasteiger partial charge on any atom is -0.349 e. The third kappa shape index (κ3) is 3.29. The minimum absolute atomic E-state index is 0.0122. The fraction of sp³-hybridized carbons (Fsp3) is 0.125. The van der Waals surface area contributed by atoms with E-state index in [9.17, 15) is 4.79 Å². The summed E-state index contributed by atoms with van der Waals surface area (Å²) >= 11 is 0. The molecule has 1 fully saturated rings. The van der Waals surface area contributed by atoms with E-state index in [1.165, 1.54) is 0 Å². The molecule has 28 heavy (non-hydrogen) atoms. The lowest BCUT2D eigenvalue weighted by atomic mass is 10.1. The Kier molecular flexibility index (Phi) is 4.17. The molecule has 1 unspecified atom stereocenters. The highest BCUT2D eigenvalue weighted by atomic mass is 16.1. The predicted molar refractivity (Wildman–Crippen MR) is 111 cm³/mol. The number of carbonyl (C=O) groups is 1. The number of benzene rings is 2. The van der Waals surface area contributed by atoms with Crippen molar-refractivity contribution in [1.29, 1.82) is 0 Å². The van der Waals surface area contributed by atoms with Crippen LogP contribution >= 0.6 is 0 Å². The fourth-order valence-electron chi connectivity index (χ4n) is 3.50. The molecule has 4 heteroatoms. The molecule has 1 aliphatic rings. The second-order valence-corrected chi connectivity index (χ2v) is 7.16. The van der Waals surface area contributed by atoms with E-state index in [-0.39, 0.29) is 11.9 Å². The summed E-state index contributed by atoms with van der Waals surface area (Å²) in [5, 5.41) is 4.12. The lowest BCUT2D eigenvalue weighted by molar-refractivity contribution is 0.0953. The van der Waals surface area contributed by atoms with Crippen LogP contribution in [0, 0.1) is 6.42 Å². The van der Waals surface area contributed by atoms with Crippen molar-refractivity contribution in [2.75, 3.05) is 0 Å². The van der Waals surface area contributed by atoms with Crippen LogP contribution in [0.15, 0.2) is 79.1 Å². The number of para-hydroxylation sites is 1. The van der Waals surface area contributed by atoms with Gasteiger partial charge in [0.05, 0.1) is 16.8 Å². The Hall–Kier alpha value is -3.40. The number of amides is 1. The first-order valence-corrected chi connectivity index (χ1v) is 9.50. The first-order chi connectivity index (χ1) is 13.8. The summed E-state index contributed by atoms with van der Waals surface area (Å²) in [5.74, 6) is -0.0122. The highest BCUT2D eigenvalue weighted by Crippen LogP contribution is 2.24. The minimum atomic E-state index is -0.0122. The van der Waals surface area contributed by atoms with E-state index in [4.69, 9.17) is 0 Å². The number of pyridine rings is 1. The topological polar surface area (TPSA) is 46.9 Å². The molecule has 0 spiro atoms. The fourth-order valence-corrected chi connectivity index (χ4v) is 3.50. The number of hydrogen-bond donors (Lipinski definition) is 1. The van der Waals surface area contributed by atoms with Crippen molar-refractivity contribution in [3.63, 3.8) is 0 Å². The molecule has 2 aromatic carbocycles. The van der Waals surface area contributed by atoms with Gasteiger partial charge in [-0.3, -0.25) is 9.78 Å². The first-order valence-electron chi connectivity index (χ1n) is 9.50. The molecule has 5 rings (SSSR count). The highest BCUT2D eigenvalue weighted by molar-refractivity contribution is 6.06. The molecule has 1 saturated carbocycles. The highest BCUT2D eigenvalue weighted by Gasteiger charge is 2.25. The van der Waals surface area contributed by atoms with E-state index in [0.29, 0.717) is 6.54 Å². The quantitative estimate of drug-likeness (QED) is 0.567. The summed E-state index contributed by atoms with van der Waals surface area (Å²) in [6, 6.07) is 22.5. The Balaban J connectivity index is 1.44. The molecule has 4 aromatic rings. The van der Waals surface area contributed by atoms with Crippen LogP contribution in [0.3, 0.4) is 0 Å². The van der Waals surface area contributed by atoms with Gasteiger partial charge < -0.3 is 9.88 Å². The van der Waals surface area contributed by atoms with Gasteiger partial charge in [0.1, 0.15) is 0 Å². The third-order valence-corrected chi connectivity index (χ3v) is 5.07. The maximum atomic E-state index is 12.7. The van der Waals surface area contributed by atoms with Crippen LogP contribution < -0.4 is 5.32 Å². The molecule has 0 saturated heterocycles. The van der Waals surface area contributed by atoms with Crippen LogP contribution in [-0.4, -0.2) is 21.5 Å². The molecule has 1 radical (unpaired) electrons. The van der Waals surface area contributed by atoms with Gasteiger partial charge in [-0.2, -0.15) is 0 Å². The molecule has 1 atom stereocenters. The zero-order chi connectivity index (χ0) is 18.9. The molecule has 2 aromatic heterocycles. The van der Waals surface area contributed by atoms with Crippen LogP contribution in [0.2, 0.25) is 0 Å². The normalized spacial score (nSPS) is 13.6. The Morgan fingerprint density at radius 2 is 1.89 bits per heavy atom. The van der Waals surface area contributed by atoms with Crippen LogP contribution in [0.5, 0.6) is 0 Å². The number of nitrogens with one attached hydrogen (secondary N) is 1. The summed E-state index contributed by atoms with van der Waals surface area (Å²) < 4.78 is 2.13. The largest absolute Gasteiger partial charge is 0.349 e. The van der Waals surface area contributed by atoms with Crippen LogP contribution in [-0.2, 0) is 6.54 Å². The molecule has 4 nitrogen and oxygen atoms in total. The van der Waals surface area contributed by atoms with Crippen molar-refractivity contribution in [2.24, 2.45) is 0 Å². The van der Waals surface area contributed by atoms with Crippen LogP contribution in [0.1, 0.15) is 22.3 Å². The summed E-state index contributed by atoms with van der Waals surface area (Å²) in [4.78, 5) is 17.3. The van der Waals surface area contributed by atoms with Crippen molar-refractivity contribution in [3.8, 4) is 11.3 Å². The number of aromatic nitrogens is 2. The number of fused-ring (bicyclic) bond motifs is 1. The smallest absolute Gasteiger partial charge is 0.253 e. The van der Waals surface area contributed by atoms with Gasteiger partial charge >= 0.3 is 0 Å². The van der Waals surface area contributed by atoms with Crippen LogP contribution in [0.25, 0.3) is 22.2 Å². The molecule has 137 valence electrons. The van der Waals surface area contributed by atoms with E-state index < -0.39 is 0 Å². The van der Waals surface area contributed by atoms with E-state index in [2.05, 4.69) is 45.6 Å². The Morgan fingerprint density at radius 3 is 2.64 bits per heavy atom. The summed E-state index contributed by atoms with van der Waals surface area (Å²) in [5.41, 5.74) is 4.85. The molecule has 1 amide bonds. The Bertz CT molecular complexity index is 1130. The molecule has 1 N–H and O–H groups in total. The average Bonchev–Trinajstić information content (AvgIpc) is 3.47. The maximum Gasteiger partial charge on any atom is 0.253 e. The Labute approximate surface area is 163 Å². The SMILES string of the molecule is O=C(NC1[CH]C1)c1cccc2ccn(Cc3ccc(-c4ccccc4)nc3)c12. The van der Waals surface area contributed by atoms with Gasteiger partial charge in [-0.25, -0.2) is 0 Å². The number of nitrogens with zero attached hydrogens (tertiary/aromatic N) is 2. The van der Waals surface area contributed by atoms with Crippen molar-refractivity contribution in [2.45, 2.75) is 19.0 Å². The van der Waals surface area contributed by atoms with Gasteiger partial charge in [0.15, 0.2) is 0 Å². The number of carbonyl (C=O) groups excluding carboxylic acids is 1.